The zero-order valence-corrected chi connectivity index (χ0v) is 14.2. The molecule has 24 heavy (non-hydrogen) atoms. The molecule has 1 N–H and O–H groups in total. The fourth-order valence-electron chi connectivity index (χ4n) is 2.44. The molecule has 0 aromatic carbocycles. The number of carbonyl (C=O) groups excluding carboxylic acids is 1. The van der Waals surface area contributed by atoms with E-state index in [0.717, 1.165) is 29.9 Å². The van der Waals surface area contributed by atoms with Gasteiger partial charge >= 0.3 is 0 Å². The molecule has 0 fully saturated rings. The van der Waals surface area contributed by atoms with E-state index in [1.165, 1.54) is 0 Å². The van der Waals surface area contributed by atoms with Gasteiger partial charge in [0.05, 0.1) is 5.69 Å². The van der Waals surface area contributed by atoms with E-state index in [2.05, 4.69) is 20.4 Å². The van der Waals surface area contributed by atoms with Crippen LogP contribution in [0.5, 0.6) is 0 Å². The van der Waals surface area contributed by atoms with Crippen LogP contribution in [0.3, 0.4) is 0 Å². The predicted octanol–water partition coefficient (Wildman–Crippen LogP) is 2.88. The number of nitrogens with zero attached hydrogens (tertiary/aromatic N) is 4. The summed E-state index contributed by atoms with van der Waals surface area (Å²) in [5.41, 5.74) is 3.56. The number of fused-ring (bicyclic) bond motifs is 1. The molecule has 0 aliphatic carbocycles. The Balaban J connectivity index is 2.04. The van der Waals surface area contributed by atoms with Gasteiger partial charge in [0, 0.05) is 24.0 Å². The van der Waals surface area contributed by atoms with Gasteiger partial charge in [-0.05, 0) is 38.0 Å². The van der Waals surface area contributed by atoms with Crippen molar-refractivity contribution in [1.29, 1.82) is 0 Å². The van der Waals surface area contributed by atoms with Crippen LogP contribution in [0.1, 0.15) is 43.4 Å². The Morgan fingerprint density at radius 2 is 2.08 bits per heavy atom. The third kappa shape index (κ3) is 3.13. The monoisotopic (exact) mass is 323 g/mol. The molecule has 0 saturated carbocycles. The second-order valence-corrected chi connectivity index (χ2v) is 5.78. The van der Waals surface area contributed by atoms with Crippen molar-refractivity contribution in [3.63, 3.8) is 0 Å². The molecule has 3 rings (SSSR count). The van der Waals surface area contributed by atoms with E-state index < -0.39 is 0 Å². The van der Waals surface area contributed by atoms with Gasteiger partial charge in [0.15, 0.2) is 5.65 Å². The lowest BCUT2D eigenvalue weighted by atomic mass is 10.2. The second kappa shape index (κ2) is 6.78. The van der Waals surface area contributed by atoms with Crippen molar-refractivity contribution in [3.8, 4) is 11.4 Å². The van der Waals surface area contributed by atoms with Gasteiger partial charge < -0.3 is 5.32 Å². The van der Waals surface area contributed by atoms with Crippen LogP contribution >= 0.6 is 0 Å². The first-order chi connectivity index (χ1) is 11.6. The fraction of sp³-hybridized carbons (Fsp3) is 0.333. The van der Waals surface area contributed by atoms with Crippen LogP contribution in [0, 0.1) is 0 Å². The highest BCUT2D eigenvalue weighted by molar-refractivity contribution is 5.93. The topological polar surface area (TPSA) is 72.2 Å². The lowest BCUT2D eigenvalue weighted by Gasteiger charge is -2.11. The Kier molecular flexibility index (Phi) is 4.55. The Bertz CT molecular complexity index is 856. The average molecular weight is 323 g/mol. The summed E-state index contributed by atoms with van der Waals surface area (Å²) in [5, 5.41) is 7.55. The average Bonchev–Trinajstić information content (AvgIpc) is 3.05. The summed E-state index contributed by atoms with van der Waals surface area (Å²) in [5.74, 6) is -0.151. The number of amides is 1. The van der Waals surface area contributed by atoms with E-state index in [-0.39, 0.29) is 11.9 Å². The summed E-state index contributed by atoms with van der Waals surface area (Å²) in [6.45, 7) is 6.05. The molecular weight excluding hydrogens is 302 g/mol. The van der Waals surface area contributed by atoms with Crippen LogP contribution in [0.25, 0.3) is 17.0 Å². The van der Waals surface area contributed by atoms with E-state index in [9.17, 15) is 4.79 Å². The Labute approximate surface area is 141 Å². The fourth-order valence-corrected chi connectivity index (χ4v) is 2.44. The molecule has 1 amide bonds. The number of carbonyl (C=O) groups is 1. The van der Waals surface area contributed by atoms with Crippen LogP contribution in [-0.4, -0.2) is 31.5 Å². The van der Waals surface area contributed by atoms with E-state index in [0.29, 0.717) is 11.3 Å². The van der Waals surface area contributed by atoms with Crippen LogP contribution in [0.15, 0.2) is 36.5 Å². The summed E-state index contributed by atoms with van der Waals surface area (Å²) in [7, 11) is 0. The third-order valence-electron chi connectivity index (χ3n) is 4.01. The van der Waals surface area contributed by atoms with Gasteiger partial charge in [-0.1, -0.05) is 19.9 Å². The third-order valence-corrected chi connectivity index (χ3v) is 4.01. The van der Waals surface area contributed by atoms with Crippen molar-refractivity contribution in [2.75, 3.05) is 0 Å². The van der Waals surface area contributed by atoms with Gasteiger partial charge in [0.25, 0.3) is 5.91 Å². The molecule has 3 aromatic rings. The molecule has 0 aliphatic heterocycles. The van der Waals surface area contributed by atoms with Gasteiger partial charge in [-0.3, -0.25) is 9.78 Å². The van der Waals surface area contributed by atoms with Crippen LogP contribution in [0.2, 0.25) is 0 Å². The van der Waals surface area contributed by atoms with Crippen molar-refractivity contribution < 1.29 is 4.79 Å². The molecule has 6 heteroatoms. The van der Waals surface area contributed by atoms with Crippen molar-refractivity contribution in [3.05, 3.63) is 47.9 Å². The molecule has 0 aliphatic rings. The zero-order chi connectivity index (χ0) is 17.1. The number of nitrogens with one attached hydrogen (secondary N) is 1. The second-order valence-electron chi connectivity index (χ2n) is 5.78. The normalized spacial score (nSPS) is 12.3. The molecule has 1 atom stereocenters. The number of aryl methyl sites for hydroxylation is 1. The van der Waals surface area contributed by atoms with Crippen LogP contribution < -0.4 is 5.32 Å². The zero-order valence-electron chi connectivity index (χ0n) is 14.2. The first-order valence-corrected chi connectivity index (χ1v) is 8.24. The number of rotatable bonds is 5. The maximum atomic E-state index is 12.4. The van der Waals surface area contributed by atoms with Crippen molar-refractivity contribution >= 4 is 11.6 Å². The highest BCUT2D eigenvalue weighted by Crippen LogP contribution is 2.18. The lowest BCUT2D eigenvalue weighted by molar-refractivity contribution is 0.0934. The number of hydrogen-bond acceptors (Lipinski definition) is 4. The molecule has 3 aromatic heterocycles. The predicted molar refractivity (Wildman–Crippen MR) is 92.8 cm³/mol. The molecule has 0 spiro atoms. The van der Waals surface area contributed by atoms with Gasteiger partial charge in [-0.25, -0.2) is 9.50 Å². The quantitative estimate of drug-likeness (QED) is 0.783. The van der Waals surface area contributed by atoms with Crippen LogP contribution in [-0.2, 0) is 6.42 Å². The maximum absolute atomic E-state index is 12.4. The van der Waals surface area contributed by atoms with E-state index in [1.54, 1.807) is 16.8 Å². The Morgan fingerprint density at radius 1 is 1.25 bits per heavy atom. The van der Waals surface area contributed by atoms with Gasteiger partial charge in [-0.15, -0.1) is 0 Å². The van der Waals surface area contributed by atoms with Gasteiger partial charge in [0.1, 0.15) is 11.4 Å². The molecule has 1 unspecified atom stereocenters. The highest BCUT2D eigenvalue weighted by Gasteiger charge is 2.15. The van der Waals surface area contributed by atoms with E-state index in [4.69, 9.17) is 0 Å². The summed E-state index contributed by atoms with van der Waals surface area (Å²) in [6, 6.07) is 9.48. The largest absolute Gasteiger partial charge is 0.348 e. The minimum Gasteiger partial charge on any atom is -0.348 e. The minimum atomic E-state index is -0.151. The smallest absolute Gasteiger partial charge is 0.270 e. The molecule has 0 saturated heterocycles. The molecule has 0 bridgehead atoms. The Morgan fingerprint density at radius 3 is 2.75 bits per heavy atom. The summed E-state index contributed by atoms with van der Waals surface area (Å²) in [4.78, 5) is 21.2. The molecular formula is C18H21N5O. The van der Waals surface area contributed by atoms with E-state index in [1.807, 2.05) is 45.0 Å². The summed E-state index contributed by atoms with van der Waals surface area (Å²) in [6.07, 6.45) is 3.37. The number of aromatic nitrogens is 4. The SMILES string of the molecule is CCc1cc(C(=O)NC(C)CC)nc2cc(-c3ccccn3)nn12. The lowest BCUT2D eigenvalue weighted by Crippen LogP contribution is -2.32. The molecule has 0 radical (unpaired) electrons. The van der Waals surface area contributed by atoms with Crippen molar-refractivity contribution in [2.24, 2.45) is 0 Å². The van der Waals surface area contributed by atoms with Crippen molar-refractivity contribution in [1.82, 2.24) is 24.9 Å². The number of hydrogen-bond donors (Lipinski definition) is 1. The molecule has 124 valence electrons. The summed E-state index contributed by atoms with van der Waals surface area (Å²) >= 11 is 0. The summed E-state index contributed by atoms with van der Waals surface area (Å²) < 4.78 is 1.78. The molecule has 3 heterocycles. The standard InChI is InChI=1S/C18H21N5O/c1-4-12(3)20-18(24)16-10-13(5-2)23-17(21-16)11-15(22-23)14-8-6-7-9-19-14/h6-12H,4-5H2,1-3H3,(H,20,24). The minimum absolute atomic E-state index is 0.120. The maximum Gasteiger partial charge on any atom is 0.270 e. The molecule has 6 nitrogen and oxygen atoms in total. The Hall–Kier alpha value is -2.76. The van der Waals surface area contributed by atoms with Gasteiger partial charge in [0.2, 0.25) is 0 Å². The number of pyridine rings is 1. The first kappa shape index (κ1) is 16.1. The first-order valence-electron chi connectivity index (χ1n) is 8.24. The van der Waals surface area contributed by atoms with Crippen LogP contribution in [0.4, 0.5) is 0 Å². The van der Waals surface area contributed by atoms with Crippen molar-refractivity contribution in [2.45, 2.75) is 39.7 Å². The highest BCUT2D eigenvalue weighted by atomic mass is 16.1. The van der Waals surface area contributed by atoms with Gasteiger partial charge in [-0.2, -0.15) is 5.10 Å². The van der Waals surface area contributed by atoms with E-state index >= 15 is 0 Å².